The Bertz CT molecular complexity index is 782. The van der Waals surface area contributed by atoms with Crippen LogP contribution in [-0.4, -0.2) is 0 Å². The molecule has 3 rings (SSSR count). The second kappa shape index (κ2) is 5.93. The summed E-state index contributed by atoms with van der Waals surface area (Å²) < 4.78 is 28.5. The highest BCUT2D eigenvalue weighted by atomic mass is 127. The van der Waals surface area contributed by atoms with Gasteiger partial charge in [0.2, 0.25) is 0 Å². The third kappa shape index (κ3) is 2.97. The zero-order chi connectivity index (χ0) is 14.8. The first-order valence-electron chi connectivity index (χ1n) is 6.45. The number of halogens is 3. The van der Waals surface area contributed by atoms with Gasteiger partial charge in [0, 0.05) is 9.13 Å². The molecule has 3 aromatic rings. The summed E-state index contributed by atoms with van der Waals surface area (Å²) in [5, 5.41) is 0. The summed E-state index contributed by atoms with van der Waals surface area (Å²) in [7, 11) is 0. The van der Waals surface area contributed by atoms with Crippen molar-refractivity contribution in [1.29, 1.82) is 0 Å². The molecule has 0 atom stereocenters. The van der Waals surface area contributed by atoms with Crippen LogP contribution in [0.3, 0.4) is 0 Å². The molecular formula is C18H11F2I. The average molecular weight is 392 g/mol. The predicted octanol–water partition coefficient (Wildman–Crippen LogP) is 5.90. The van der Waals surface area contributed by atoms with Gasteiger partial charge in [0.1, 0.15) is 11.6 Å². The maximum atomic E-state index is 14.3. The molecule has 0 amide bonds. The Labute approximate surface area is 135 Å². The maximum Gasteiger partial charge on any atom is 0.137 e. The zero-order valence-corrected chi connectivity index (χ0v) is 13.1. The molecule has 0 nitrogen and oxygen atoms in total. The molecule has 0 bridgehead atoms. The Morgan fingerprint density at radius 3 is 1.95 bits per heavy atom. The van der Waals surface area contributed by atoms with Crippen molar-refractivity contribution < 1.29 is 8.78 Å². The smallest absolute Gasteiger partial charge is 0.137 e. The van der Waals surface area contributed by atoms with Crippen molar-refractivity contribution in [3.05, 3.63) is 81.9 Å². The number of hydrogen-bond donors (Lipinski definition) is 0. The quantitative estimate of drug-likeness (QED) is 0.476. The molecule has 3 heteroatoms. The van der Waals surface area contributed by atoms with Gasteiger partial charge in [-0.1, -0.05) is 48.5 Å². The van der Waals surface area contributed by atoms with Gasteiger partial charge in [0.25, 0.3) is 0 Å². The minimum atomic E-state index is -0.350. The molecule has 104 valence electrons. The lowest BCUT2D eigenvalue weighted by molar-refractivity contribution is 0.619. The van der Waals surface area contributed by atoms with Crippen LogP contribution >= 0.6 is 22.6 Å². The van der Waals surface area contributed by atoms with E-state index in [1.54, 1.807) is 18.2 Å². The van der Waals surface area contributed by atoms with Crippen LogP contribution in [0.5, 0.6) is 0 Å². The fraction of sp³-hybridized carbons (Fsp3) is 0. The molecule has 0 saturated heterocycles. The second-order valence-corrected chi connectivity index (χ2v) is 5.85. The van der Waals surface area contributed by atoms with Crippen molar-refractivity contribution in [3.63, 3.8) is 0 Å². The Balaban J connectivity index is 2.04. The van der Waals surface area contributed by atoms with Crippen LogP contribution < -0.4 is 0 Å². The van der Waals surface area contributed by atoms with Crippen molar-refractivity contribution in [2.24, 2.45) is 0 Å². The standard InChI is InChI=1S/C18H11F2I/c19-16-10-13(12-4-2-1-3-5-12)6-8-15(16)14-7-9-18(21)17(20)11-14/h1-11H. The number of rotatable bonds is 2. The summed E-state index contributed by atoms with van der Waals surface area (Å²) in [4.78, 5) is 0. The average Bonchev–Trinajstić information content (AvgIpc) is 2.51. The first kappa shape index (κ1) is 14.2. The van der Waals surface area contributed by atoms with Gasteiger partial charge < -0.3 is 0 Å². The van der Waals surface area contributed by atoms with Gasteiger partial charge in [0.05, 0.1) is 0 Å². The molecule has 0 unspecified atom stereocenters. The van der Waals surface area contributed by atoms with Crippen LogP contribution in [0.1, 0.15) is 0 Å². The SMILES string of the molecule is Fc1cc(-c2ccc(-c3ccccc3)cc2F)ccc1I. The lowest BCUT2D eigenvalue weighted by Crippen LogP contribution is -1.89. The van der Waals surface area contributed by atoms with Gasteiger partial charge in [-0.05, 0) is 57.5 Å². The molecule has 3 aromatic carbocycles. The summed E-state index contributed by atoms with van der Waals surface area (Å²) in [6.45, 7) is 0. The molecule has 0 N–H and O–H groups in total. The van der Waals surface area contributed by atoms with Crippen LogP contribution in [-0.2, 0) is 0 Å². The summed E-state index contributed by atoms with van der Waals surface area (Å²) in [6, 6.07) is 19.4. The Morgan fingerprint density at radius 1 is 0.619 bits per heavy atom. The molecule has 21 heavy (non-hydrogen) atoms. The van der Waals surface area contributed by atoms with E-state index in [4.69, 9.17) is 0 Å². The monoisotopic (exact) mass is 392 g/mol. The first-order valence-corrected chi connectivity index (χ1v) is 7.53. The fourth-order valence-electron chi connectivity index (χ4n) is 2.22. The molecule has 0 radical (unpaired) electrons. The van der Waals surface area contributed by atoms with E-state index in [0.29, 0.717) is 14.7 Å². The van der Waals surface area contributed by atoms with Gasteiger partial charge in [-0.2, -0.15) is 0 Å². The van der Waals surface area contributed by atoms with Crippen molar-refractivity contribution in [1.82, 2.24) is 0 Å². The summed E-state index contributed by atoms with van der Waals surface area (Å²) >= 11 is 1.91. The molecule has 0 heterocycles. The Kier molecular flexibility index (Phi) is 4.01. The highest BCUT2D eigenvalue weighted by Gasteiger charge is 2.09. The molecule has 0 saturated carbocycles. The second-order valence-electron chi connectivity index (χ2n) is 4.69. The zero-order valence-electron chi connectivity index (χ0n) is 11.0. The van der Waals surface area contributed by atoms with Crippen LogP contribution in [0.25, 0.3) is 22.3 Å². The molecule has 0 aliphatic heterocycles. The lowest BCUT2D eigenvalue weighted by Gasteiger charge is -2.07. The van der Waals surface area contributed by atoms with E-state index in [-0.39, 0.29) is 11.6 Å². The van der Waals surface area contributed by atoms with Gasteiger partial charge in [-0.3, -0.25) is 0 Å². The predicted molar refractivity (Wildman–Crippen MR) is 89.9 cm³/mol. The van der Waals surface area contributed by atoms with E-state index in [1.807, 2.05) is 59.0 Å². The van der Waals surface area contributed by atoms with Crippen LogP contribution in [0.4, 0.5) is 8.78 Å². The fourth-order valence-corrected chi connectivity index (χ4v) is 2.56. The highest BCUT2D eigenvalue weighted by molar-refractivity contribution is 14.1. The largest absolute Gasteiger partial charge is 0.206 e. The van der Waals surface area contributed by atoms with E-state index >= 15 is 0 Å². The Hall–Kier alpha value is -1.75. The molecule has 0 aliphatic rings. The van der Waals surface area contributed by atoms with Crippen molar-refractivity contribution >= 4 is 22.6 Å². The molecular weight excluding hydrogens is 381 g/mol. The number of hydrogen-bond acceptors (Lipinski definition) is 0. The minimum absolute atomic E-state index is 0.334. The van der Waals surface area contributed by atoms with Crippen molar-refractivity contribution in [3.8, 4) is 22.3 Å². The molecule has 0 spiro atoms. The number of benzene rings is 3. The Morgan fingerprint density at radius 2 is 1.29 bits per heavy atom. The molecule has 0 aliphatic carbocycles. The van der Waals surface area contributed by atoms with Gasteiger partial charge in [-0.25, -0.2) is 8.78 Å². The molecule has 0 aromatic heterocycles. The molecule has 0 fully saturated rings. The van der Waals surface area contributed by atoms with Crippen molar-refractivity contribution in [2.75, 3.05) is 0 Å². The minimum Gasteiger partial charge on any atom is -0.206 e. The van der Waals surface area contributed by atoms with E-state index in [2.05, 4.69) is 0 Å². The van der Waals surface area contributed by atoms with Crippen LogP contribution in [0.2, 0.25) is 0 Å². The van der Waals surface area contributed by atoms with Gasteiger partial charge in [-0.15, -0.1) is 0 Å². The normalized spacial score (nSPS) is 10.6. The lowest BCUT2D eigenvalue weighted by atomic mass is 9.99. The van der Waals surface area contributed by atoms with Crippen molar-refractivity contribution in [2.45, 2.75) is 0 Å². The maximum absolute atomic E-state index is 14.3. The third-order valence-electron chi connectivity index (χ3n) is 3.31. The first-order chi connectivity index (χ1) is 10.1. The van der Waals surface area contributed by atoms with Gasteiger partial charge in [0.15, 0.2) is 0 Å². The summed E-state index contributed by atoms with van der Waals surface area (Å²) in [5.41, 5.74) is 2.72. The summed E-state index contributed by atoms with van der Waals surface area (Å²) in [6.07, 6.45) is 0. The van der Waals surface area contributed by atoms with E-state index < -0.39 is 0 Å². The topological polar surface area (TPSA) is 0 Å². The van der Waals surface area contributed by atoms with E-state index in [9.17, 15) is 8.78 Å². The van der Waals surface area contributed by atoms with Gasteiger partial charge >= 0.3 is 0 Å². The van der Waals surface area contributed by atoms with Crippen LogP contribution in [0, 0.1) is 15.2 Å². The highest BCUT2D eigenvalue weighted by Crippen LogP contribution is 2.29. The van der Waals surface area contributed by atoms with E-state index in [1.165, 1.54) is 12.1 Å². The van der Waals surface area contributed by atoms with Crippen LogP contribution in [0.15, 0.2) is 66.7 Å². The van der Waals surface area contributed by atoms with E-state index in [0.717, 1.165) is 11.1 Å². The third-order valence-corrected chi connectivity index (χ3v) is 4.18. The summed E-state index contributed by atoms with van der Waals surface area (Å²) in [5.74, 6) is -0.684.